The standard InChI is InChI=1S/C22H20N2O3S/c1-12-19-21(18-4-3-9-28-18)20-16(23-22(19)27-24-12)10-14(11-17(20)25)13-5-7-15(26-2)8-6-13/h3-9,14,21,23H,10-11H2,1-2H3/t14-,21-/m1/s1. The summed E-state index contributed by atoms with van der Waals surface area (Å²) in [4.78, 5) is 14.5. The van der Waals surface area contributed by atoms with Crippen LogP contribution in [0.4, 0.5) is 5.88 Å². The van der Waals surface area contributed by atoms with Gasteiger partial charge in [0.25, 0.3) is 0 Å². The molecule has 2 atom stereocenters. The highest BCUT2D eigenvalue weighted by molar-refractivity contribution is 7.10. The molecule has 28 heavy (non-hydrogen) atoms. The van der Waals surface area contributed by atoms with Crippen molar-refractivity contribution >= 4 is 23.0 Å². The first-order chi connectivity index (χ1) is 13.7. The zero-order valence-electron chi connectivity index (χ0n) is 15.7. The Morgan fingerprint density at radius 1 is 1.21 bits per heavy atom. The van der Waals surface area contributed by atoms with Crippen molar-refractivity contribution in [1.82, 2.24) is 5.16 Å². The van der Waals surface area contributed by atoms with Crippen molar-refractivity contribution in [2.45, 2.75) is 31.6 Å². The van der Waals surface area contributed by atoms with Gasteiger partial charge in [0, 0.05) is 22.6 Å². The summed E-state index contributed by atoms with van der Waals surface area (Å²) in [5.41, 5.74) is 4.79. The van der Waals surface area contributed by atoms with Crippen LogP contribution in [-0.4, -0.2) is 18.0 Å². The number of nitrogens with zero attached hydrogens (tertiary/aromatic N) is 1. The number of aromatic nitrogens is 1. The van der Waals surface area contributed by atoms with Crippen LogP contribution in [0, 0.1) is 6.92 Å². The number of hydrogen-bond acceptors (Lipinski definition) is 6. The molecule has 142 valence electrons. The summed E-state index contributed by atoms with van der Waals surface area (Å²) in [6.45, 7) is 1.93. The van der Waals surface area contributed by atoms with E-state index in [1.54, 1.807) is 18.4 Å². The molecule has 6 heteroatoms. The summed E-state index contributed by atoms with van der Waals surface area (Å²) in [5, 5.41) is 9.58. The van der Waals surface area contributed by atoms with E-state index in [1.165, 1.54) is 0 Å². The maximum atomic E-state index is 13.3. The van der Waals surface area contributed by atoms with Crippen LogP contribution >= 0.6 is 11.3 Å². The zero-order valence-corrected chi connectivity index (χ0v) is 16.5. The Labute approximate surface area is 167 Å². The number of benzene rings is 1. The third-order valence-electron chi connectivity index (χ3n) is 5.67. The average Bonchev–Trinajstić information content (AvgIpc) is 3.37. The molecular weight excluding hydrogens is 372 g/mol. The van der Waals surface area contributed by atoms with Crippen molar-refractivity contribution in [3.8, 4) is 5.75 Å². The lowest BCUT2D eigenvalue weighted by Gasteiger charge is -2.34. The SMILES string of the molecule is COc1ccc([C@H]2CC(=O)C3=C(C2)Nc2onc(C)c2[C@H]3c2cccs2)cc1. The monoisotopic (exact) mass is 392 g/mol. The fourth-order valence-corrected chi connectivity index (χ4v) is 5.17. The first kappa shape index (κ1) is 17.3. The lowest BCUT2D eigenvalue weighted by atomic mass is 9.74. The molecule has 1 N–H and O–H groups in total. The lowest BCUT2D eigenvalue weighted by molar-refractivity contribution is -0.116. The molecule has 1 aliphatic heterocycles. The Bertz CT molecular complexity index is 1060. The van der Waals surface area contributed by atoms with E-state index in [4.69, 9.17) is 9.26 Å². The third kappa shape index (κ3) is 2.67. The zero-order chi connectivity index (χ0) is 19.3. The van der Waals surface area contributed by atoms with Crippen molar-refractivity contribution < 1.29 is 14.1 Å². The highest BCUT2D eigenvalue weighted by Gasteiger charge is 2.41. The fraction of sp³-hybridized carbons (Fsp3) is 0.273. The normalized spacial score (nSPS) is 21.1. The second-order valence-corrected chi connectivity index (χ2v) is 8.26. The van der Waals surface area contributed by atoms with E-state index >= 15 is 0 Å². The Kier molecular flexibility index (Phi) is 4.09. The molecule has 1 aliphatic carbocycles. The molecule has 2 aromatic heterocycles. The van der Waals surface area contributed by atoms with Crippen LogP contribution in [0.2, 0.25) is 0 Å². The van der Waals surface area contributed by atoms with Crippen LogP contribution < -0.4 is 10.1 Å². The molecule has 0 saturated carbocycles. The van der Waals surface area contributed by atoms with Gasteiger partial charge in [0.05, 0.1) is 24.3 Å². The van der Waals surface area contributed by atoms with Crippen LogP contribution in [-0.2, 0) is 4.79 Å². The molecule has 0 spiro atoms. The van der Waals surface area contributed by atoms with Gasteiger partial charge in [0.1, 0.15) is 5.75 Å². The highest BCUT2D eigenvalue weighted by atomic mass is 32.1. The van der Waals surface area contributed by atoms with Crippen molar-refractivity contribution in [3.05, 3.63) is 74.7 Å². The van der Waals surface area contributed by atoms with Gasteiger partial charge in [-0.15, -0.1) is 11.3 Å². The predicted octanol–water partition coefficient (Wildman–Crippen LogP) is 5.01. The van der Waals surface area contributed by atoms with Gasteiger partial charge in [0.15, 0.2) is 5.78 Å². The van der Waals surface area contributed by atoms with Crippen molar-refractivity contribution in [2.75, 3.05) is 12.4 Å². The van der Waals surface area contributed by atoms with Gasteiger partial charge in [-0.3, -0.25) is 4.79 Å². The number of ether oxygens (including phenoxy) is 1. The van der Waals surface area contributed by atoms with Gasteiger partial charge in [-0.1, -0.05) is 23.4 Å². The Morgan fingerprint density at radius 3 is 2.75 bits per heavy atom. The molecule has 3 heterocycles. The molecule has 0 bridgehead atoms. The molecule has 0 radical (unpaired) electrons. The number of ketones is 1. The number of fused-ring (bicyclic) bond motifs is 1. The summed E-state index contributed by atoms with van der Waals surface area (Å²) < 4.78 is 10.8. The number of allylic oxidation sites excluding steroid dienone is 2. The van der Waals surface area contributed by atoms with Crippen LogP contribution in [0.3, 0.4) is 0 Å². The molecule has 5 nitrogen and oxygen atoms in total. The van der Waals surface area contributed by atoms with Crippen molar-refractivity contribution in [2.24, 2.45) is 0 Å². The Hall–Kier alpha value is -2.86. The van der Waals surface area contributed by atoms with Gasteiger partial charge in [0.2, 0.25) is 5.88 Å². The first-order valence-corrected chi connectivity index (χ1v) is 10.2. The van der Waals surface area contributed by atoms with E-state index in [1.807, 2.05) is 42.6 Å². The number of nitrogens with one attached hydrogen (secondary N) is 1. The maximum Gasteiger partial charge on any atom is 0.233 e. The van der Waals surface area contributed by atoms with E-state index < -0.39 is 0 Å². The summed E-state index contributed by atoms with van der Waals surface area (Å²) in [6.07, 6.45) is 1.28. The number of Topliss-reactive ketones (excluding diaryl/α,β-unsaturated/α-hetero) is 1. The van der Waals surface area contributed by atoms with Crippen LogP contribution in [0.5, 0.6) is 5.75 Å². The molecular formula is C22H20N2O3S. The first-order valence-electron chi connectivity index (χ1n) is 9.32. The van der Waals surface area contributed by atoms with Crippen LogP contribution in [0.1, 0.15) is 46.4 Å². The summed E-state index contributed by atoms with van der Waals surface area (Å²) in [6, 6.07) is 12.1. The summed E-state index contributed by atoms with van der Waals surface area (Å²) in [7, 11) is 1.66. The van der Waals surface area contributed by atoms with Crippen LogP contribution in [0.15, 0.2) is 57.6 Å². The minimum absolute atomic E-state index is 0.0955. The number of hydrogen-bond donors (Lipinski definition) is 1. The van der Waals surface area contributed by atoms with Gasteiger partial charge >= 0.3 is 0 Å². The Balaban J connectivity index is 1.56. The molecule has 0 unspecified atom stereocenters. The van der Waals surface area contributed by atoms with Gasteiger partial charge < -0.3 is 14.6 Å². The number of thiophene rings is 1. The van der Waals surface area contributed by atoms with Crippen molar-refractivity contribution in [3.63, 3.8) is 0 Å². The summed E-state index contributed by atoms with van der Waals surface area (Å²) >= 11 is 1.67. The maximum absolute atomic E-state index is 13.3. The van der Waals surface area contributed by atoms with Gasteiger partial charge in [-0.25, -0.2) is 0 Å². The van der Waals surface area contributed by atoms with Gasteiger partial charge in [-0.05, 0) is 48.4 Å². The van der Waals surface area contributed by atoms with E-state index in [-0.39, 0.29) is 17.6 Å². The molecule has 3 aromatic rings. The van der Waals surface area contributed by atoms with Crippen molar-refractivity contribution in [1.29, 1.82) is 0 Å². The van der Waals surface area contributed by atoms with Gasteiger partial charge in [-0.2, -0.15) is 0 Å². The number of carbonyl (C=O) groups excluding carboxylic acids is 1. The largest absolute Gasteiger partial charge is 0.497 e. The highest BCUT2D eigenvalue weighted by Crippen LogP contribution is 2.49. The number of anilines is 1. The number of aryl methyl sites for hydroxylation is 1. The predicted molar refractivity (Wildman–Crippen MR) is 108 cm³/mol. The third-order valence-corrected chi connectivity index (χ3v) is 6.61. The van der Waals surface area contributed by atoms with E-state index in [0.717, 1.165) is 45.1 Å². The van der Waals surface area contributed by atoms with E-state index in [9.17, 15) is 4.79 Å². The quantitative estimate of drug-likeness (QED) is 0.679. The fourth-order valence-electron chi connectivity index (χ4n) is 4.32. The minimum Gasteiger partial charge on any atom is -0.497 e. The molecule has 0 amide bonds. The topological polar surface area (TPSA) is 64.4 Å². The summed E-state index contributed by atoms with van der Waals surface area (Å²) in [5.74, 6) is 1.72. The number of rotatable bonds is 3. The number of methoxy groups -OCH3 is 1. The molecule has 5 rings (SSSR count). The molecule has 0 saturated heterocycles. The second-order valence-electron chi connectivity index (χ2n) is 7.28. The second kappa shape index (κ2) is 6.63. The minimum atomic E-state index is -0.0955. The van der Waals surface area contributed by atoms with E-state index in [2.05, 4.69) is 16.5 Å². The smallest absolute Gasteiger partial charge is 0.233 e. The van der Waals surface area contributed by atoms with E-state index in [0.29, 0.717) is 12.3 Å². The van der Waals surface area contributed by atoms with Crippen LogP contribution in [0.25, 0.3) is 0 Å². The number of carbonyl (C=O) groups is 1. The molecule has 2 aliphatic rings. The average molecular weight is 392 g/mol. The Morgan fingerprint density at radius 2 is 2.04 bits per heavy atom. The lowest BCUT2D eigenvalue weighted by Crippen LogP contribution is -2.29. The molecule has 0 fully saturated rings. The molecule has 1 aromatic carbocycles.